The summed E-state index contributed by atoms with van der Waals surface area (Å²) in [6.45, 7) is 2.78. The molecule has 0 bridgehead atoms. The topological polar surface area (TPSA) is 25.4 Å². The summed E-state index contributed by atoms with van der Waals surface area (Å²) < 4.78 is 5.47. The largest absolute Gasteiger partial charge is 0.381 e. The van der Waals surface area contributed by atoms with Gasteiger partial charge in [-0.25, -0.2) is 4.98 Å². The van der Waals surface area contributed by atoms with Crippen LogP contribution in [0.15, 0.2) is 18.3 Å². The summed E-state index contributed by atoms with van der Waals surface area (Å²) in [4.78, 5) is 6.46. The second-order valence-corrected chi connectivity index (χ2v) is 4.73. The van der Waals surface area contributed by atoms with Crippen molar-refractivity contribution >= 4 is 17.4 Å². The van der Waals surface area contributed by atoms with Gasteiger partial charge in [0, 0.05) is 26.4 Å². The molecule has 0 radical (unpaired) electrons. The van der Waals surface area contributed by atoms with Crippen LogP contribution in [0.2, 0.25) is 5.02 Å². The molecule has 1 aliphatic heterocycles. The first-order valence-electron chi connectivity index (χ1n) is 5.66. The summed E-state index contributed by atoms with van der Waals surface area (Å²) in [5.74, 6) is 1.59. The fraction of sp³-hybridized carbons (Fsp3) is 0.583. The summed E-state index contributed by atoms with van der Waals surface area (Å²) in [6.07, 6.45) is 4.11. The van der Waals surface area contributed by atoms with Gasteiger partial charge < -0.3 is 9.64 Å². The van der Waals surface area contributed by atoms with Crippen molar-refractivity contribution in [3.05, 3.63) is 23.4 Å². The monoisotopic (exact) mass is 240 g/mol. The van der Waals surface area contributed by atoms with E-state index in [1.54, 1.807) is 6.20 Å². The highest BCUT2D eigenvalue weighted by atomic mass is 35.5. The molecule has 0 spiro atoms. The molecule has 1 atom stereocenters. The van der Waals surface area contributed by atoms with Gasteiger partial charge in [0.05, 0.1) is 11.6 Å². The molecule has 16 heavy (non-hydrogen) atoms. The van der Waals surface area contributed by atoms with E-state index in [2.05, 4.69) is 16.9 Å². The van der Waals surface area contributed by atoms with Crippen molar-refractivity contribution in [1.29, 1.82) is 0 Å². The third-order valence-electron chi connectivity index (χ3n) is 2.89. The average Bonchev–Trinajstić information content (AvgIpc) is 2.31. The lowest BCUT2D eigenvalue weighted by Crippen LogP contribution is -2.31. The molecule has 2 heterocycles. The first-order valence-corrected chi connectivity index (χ1v) is 6.04. The third kappa shape index (κ3) is 3.09. The van der Waals surface area contributed by atoms with Gasteiger partial charge in [0.2, 0.25) is 0 Å². The molecule has 4 heteroatoms. The van der Waals surface area contributed by atoms with E-state index in [4.69, 9.17) is 16.3 Å². The van der Waals surface area contributed by atoms with Crippen molar-refractivity contribution in [3.63, 3.8) is 0 Å². The first kappa shape index (κ1) is 11.7. The number of pyridine rings is 1. The maximum atomic E-state index is 5.81. The van der Waals surface area contributed by atoms with Gasteiger partial charge in [0.1, 0.15) is 5.82 Å². The van der Waals surface area contributed by atoms with E-state index in [1.807, 2.05) is 12.1 Å². The Morgan fingerprint density at radius 3 is 3.06 bits per heavy atom. The molecule has 0 aromatic carbocycles. The minimum Gasteiger partial charge on any atom is -0.381 e. The SMILES string of the molecule is CN(CC1CCCOC1)c1ccc(Cl)cn1. The minimum atomic E-state index is 0.622. The van der Waals surface area contributed by atoms with Crippen LogP contribution in [-0.4, -0.2) is 31.8 Å². The zero-order valence-corrected chi connectivity index (χ0v) is 10.3. The number of anilines is 1. The van der Waals surface area contributed by atoms with Crippen LogP contribution in [0.3, 0.4) is 0 Å². The molecular formula is C12H17ClN2O. The van der Waals surface area contributed by atoms with Gasteiger partial charge in [0.15, 0.2) is 0 Å². The zero-order chi connectivity index (χ0) is 11.4. The van der Waals surface area contributed by atoms with Crippen molar-refractivity contribution in [2.45, 2.75) is 12.8 Å². The Balaban J connectivity index is 1.91. The van der Waals surface area contributed by atoms with Crippen molar-refractivity contribution in [1.82, 2.24) is 4.98 Å². The van der Waals surface area contributed by atoms with Crippen LogP contribution in [0, 0.1) is 5.92 Å². The van der Waals surface area contributed by atoms with Crippen molar-refractivity contribution < 1.29 is 4.74 Å². The molecule has 0 saturated carbocycles. The lowest BCUT2D eigenvalue weighted by Gasteiger charge is -2.27. The van der Waals surface area contributed by atoms with Crippen molar-refractivity contribution in [2.75, 3.05) is 31.7 Å². The van der Waals surface area contributed by atoms with Crippen LogP contribution in [0.5, 0.6) is 0 Å². The summed E-state index contributed by atoms with van der Waals surface area (Å²) in [5, 5.41) is 0.679. The summed E-state index contributed by atoms with van der Waals surface area (Å²) in [7, 11) is 2.06. The van der Waals surface area contributed by atoms with E-state index >= 15 is 0 Å². The molecule has 1 aliphatic rings. The number of hydrogen-bond donors (Lipinski definition) is 0. The highest BCUT2D eigenvalue weighted by Crippen LogP contribution is 2.18. The Hall–Kier alpha value is -0.800. The summed E-state index contributed by atoms with van der Waals surface area (Å²) in [6, 6.07) is 3.82. The van der Waals surface area contributed by atoms with Crippen molar-refractivity contribution in [2.24, 2.45) is 5.92 Å². The van der Waals surface area contributed by atoms with Gasteiger partial charge in [0.25, 0.3) is 0 Å². The summed E-state index contributed by atoms with van der Waals surface area (Å²) >= 11 is 5.81. The predicted molar refractivity (Wildman–Crippen MR) is 66.1 cm³/mol. The van der Waals surface area contributed by atoms with Gasteiger partial charge in [-0.3, -0.25) is 0 Å². The average molecular weight is 241 g/mol. The smallest absolute Gasteiger partial charge is 0.128 e. The molecule has 2 rings (SSSR count). The normalized spacial score (nSPS) is 20.8. The van der Waals surface area contributed by atoms with Gasteiger partial charge in [-0.05, 0) is 30.9 Å². The quantitative estimate of drug-likeness (QED) is 0.812. The second kappa shape index (κ2) is 5.51. The Morgan fingerprint density at radius 2 is 2.44 bits per heavy atom. The Kier molecular flexibility index (Phi) is 4.02. The molecule has 3 nitrogen and oxygen atoms in total. The number of rotatable bonds is 3. The predicted octanol–water partition coefficient (Wildman–Crippen LogP) is 2.60. The third-order valence-corrected chi connectivity index (χ3v) is 3.11. The first-order chi connectivity index (χ1) is 7.75. The molecule has 0 aliphatic carbocycles. The zero-order valence-electron chi connectivity index (χ0n) is 9.53. The molecule has 1 unspecified atom stereocenters. The van der Waals surface area contributed by atoms with Crippen LogP contribution in [0.1, 0.15) is 12.8 Å². The molecule has 0 N–H and O–H groups in total. The van der Waals surface area contributed by atoms with E-state index < -0.39 is 0 Å². The Labute approximate surface area is 101 Å². The lowest BCUT2D eigenvalue weighted by molar-refractivity contribution is 0.0576. The van der Waals surface area contributed by atoms with Gasteiger partial charge in [-0.2, -0.15) is 0 Å². The Bertz CT molecular complexity index is 322. The van der Waals surface area contributed by atoms with Gasteiger partial charge >= 0.3 is 0 Å². The van der Waals surface area contributed by atoms with E-state index in [-0.39, 0.29) is 0 Å². The van der Waals surface area contributed by atoms with Crippen LogP contribution in [0.4, 0.5) is 5.82 Å². The molecule has 88 valence electrons. The molecular weight excluding hydrogens is 224 g/mol. The van der Waals surface area contributed by atoms with E-state index in [9.17, 15) is 0 Å². The maximum Gasteiger partial charge on any atom is 0.128 e. The number of halogens is 1. The number of nitrogens with zero attached hydrogens (tertiary/aromatic N) is 2. The Morgan fingerprint density at radius 1 is 1.56 bits per heavy atom. The highest BCUT2D eigenvalue weighted by Gasteiger charge is 2.16. The molecule has 0 amide bonds. The second-order valence-electron chi connectivity index (χ2n) is 4.30. The molecule has 1 aromatic rings. The molecule has 1 saturated heterocycles. The van der Waals surface area contributed by atoms with Crippen LogP contribution >= 0.6 is 11.6 Å². The van der Waals surface area contributed by atoms with E-state index in [0.29, 0.717) is 10.9 Å². The summed E-state index contributed by atoms with van der Waals surface area (Å²) in [5.41, 5.74) is 0. The van der Waals surface area contributed by atoms with Crippen molar-refractivity contribution in [3.8, 4) is 0 Å². The van der Waals surface area contributed by atoms with Crippen LogP contribution < -0.4 is 4.90 Å². The highest BCUT2D eigenvalue weighted by molar-refractivity contribution is 6.30. The van der Waals surface area contributed by atoms with Crippen LogP contribution in [0.25, 0.3) is 0 Å². The fourth-order valence-electron chi connectivity index (χ4n) is 2.03. The number of ether oxygens (including phenoxy) is 1. The van der Waals surface area contributed by atoms with Crippen LogP contribution in [-0.2, 0) is 4.74 Å². The number of aromatic nitrogens is 1. The van der Waals surface area contributed by atoms with Gasteiger partial charge in [-0.15, -0.1) is 0 Å². The standard InChI is InChI=1S/C12H17ClN2O/c1-15(8-10-3-2-6-16-9-10)12-5-4-11(13)7-14-12/h4-5,7,10H,2-3,6,8-9H2,1H3. The molecule has 1 fully saturated rings. The fourth-order valence-corrected chi connectivity index (χ4v) is 2.14. The molecule has 1 aromatic heterocycles. The van der Waals surface area contributed by atoms with E-state index in [0.717, 1.165) is 25.6 Å². The lowest BCUT2D eigenvalue weighted by atomic mass is 10.0. The van der Waals surface area contributed by atoms with E-state index in [1.165, 1.54) is 12.8 Å². The number of hydrogen-bond acceptors (Lipinski definition) is 3. The minimum absolute atomic E-state index is 0.622. The maximum absolute atomic E-state index is 5.81. The van der Waals surface area contributed by atoms with Gasteiger partial charge in [-0.1, -0.05) is 11.6 Å².